The zero-order chi connectivity index (χ0) is 17.1. The Hall–Kier alpha value is -2.73. The molecule has 0 aliphatic carbocycles. The van der Waals surface area contributed by atoms with Gasteiger partial charge in [0.1, 0.15) is 18.4 Å². The molecule has 4 rings (SSSR count). The van der Waals surface area contributed by atoms with E-state index in [0.717, 1.165) is 30.9 Å². The summed E-state index contributed by atoms with van der Waals surface area (Å²) < 4.78 is 7.29. The van der Waals surface area contributed by atoms with Gasteiger partial charge in [-0.3, -0.25) is 9.88 Å². The summed E-state index contributed by atoms with van der Waals surface area (Å²) >= 11 is 0. The van der Waals surface area contributed by atoms with Crippen LogP contribution < -0.4 is 4.74 Å². The van der Waals surface area contributed by atoms with Crippen LogP contribution in [0.2, 0.25) is 0 Å². The lowest BCUT2D eigenvalue weighted by atomic mass is 9.95. The fourth-order valence-corrected chi connectivity index (χ4v) is 3.30. The molecule has 1 saturated heterocycles. The van der Waals surface area contributed by atoms with Crippen molar-refractivity contribution < 1.29 is 4.74 Å². The van der Waals surface area contributed by atoms with Crippen molar-refractivity contribution in [3.8, 4) is 5.75 Å². The second-order valence-electron chi connectivity index (χ2n) is 6.38. The van der Waals surface area contributed by atoms with Crippen molar-refractivity contribution in [1.29, 1.82) is 0 Å². The molecule has 0 radical (unpaired) electrons. The molecule has 0 amide bonds. The number of methoxy groups -OCH3 is 1. The molecule has 3 aromatic rings. The van der Waals surface area contributed by atoms with Crippen molar-refractivity contribution in [2.75, 3.05) is 20.2 Å². The second-order valence-corrected chi connectivity index (χ2v) is 6.38. The molecule has 0 saturated carbocycles. The molecule has 0 bridgehead atoms. The summed E-state index contributed by atoms with van der Waals surface area (Å²) in [6, 6.07) is 12.5. The normalized spacial score (nSPS) is 15.1. The van der Waals surface area contributed by atoms with Crippen molar-refractivity contribution in [2.24, 2.45) is 0 Å². The Kier molecular flexibility index (Phi) is 4.43. The van der Waals surface area contributed by atoms with Gasteiger partial charge in [-0.15, -0.1) is 0 Å². The number of hydrogen-bond donors (Lipinski definition) is 0. The molecule has 3 heterocycles. The molecular weight excluding hydrogens is 314 g/mol. The summed E-state index contributed by atoms with van der Waals surface area (Å²) in [5.41, 5.74) is 3.60. The van der Waals surface area contributed by atoms with Crippen molar-refractivity contribution in [3.05, 3.63) is 72.1 Å². The van der Waals surface area contributed by atoms with E-state index in [0.29, 0.717) is 12.5 Å². The van der Waals surface area contributed by atoms with Crippen LogP contribution in [0.15, 0.2) is 55.2 Å². The molecule has 1 aliphatic heterocycles. The van der Waals surface area contributed by atoms with Crippen LogP contribution in [-0.4, -0.2) is 44.8 Å². The molecule has 0 unspecified atom stereocenters. The van der Waals surface area contributed by atoms with Crippen molar-refractivity contribution >= 4 is 0 Å². The van der Waals surface area contributed by atoms with Gasteiger partial charge in [-0.1, -0.05) is 12.1 Å². The maximum Gasteiger partial charge on any atom is 0.137 e. The van der Waals surface area contributed by atoms with E-state index in [1.807, 2.05) is 23.0 Å². The zero-order valence-corrected chi connectivity index (χ0v) is 14.2. The Morgan fingerprint density at radius 3 is 2.80 bits per heavy atom. The first kappa shape index (κ1) is 15.8. The number of nitrogens with zero attached hydrogens (tertiary/aromatic N) is 5. The number of rotatable bonds is 6. The smallest absolute Gasteiger partial charge is 0.137 e. The topological polar surface area (TPSA) is 56.1 Å². The third kappa shape index (κ3) is 3.53. The Morgan fingerprint density at radius 2 is 2.08 bits per heavy atom. The molecule has 25 heavy (non-hydrogen) atoms. The van der Waals surface area contributed by atoms with Gasteiger partial charge in [0, 0.05) is 43.0 Å². The van der Waals surface area contributed by atoms with Crippen LogP contribution in [-0.2, 0) is 13.1 Å². The van der Waals surface area contributed by atoms with Crippen LogP contribution in [0.3, 0.4) is 0 Å². The minimum atomic E-state index is 0.550. The summed E-state index contributed by atoms with van der Waals surface area (Å²) in [6.45, 7) is 3.72. The van der Waals surface area contributed by atoms with E-state index in [2.05, 4.69) is 44.2 Å². The van der Waals surface area contributed by atoms with Gasteiger partial charge in [-0.25, -0.2) is 9.67 Å². The lowest BCUT2D eigenvalue weighted by Gasteiger charge is -2.39. The predicted molar refractivity (Wildman–Crippen MR) is 94.4 cm³/mol. The van der Waals surface area contributed by atoms with Gasteiger partial charge in [-0.2, -0.15) is 5.10 Å². The van der Waals surface area contributed by atoms with Gasteiger partial charge in [0.2, 0.25) is 0 Å². The fraction of sp³-hybridized carbons (Fsp3) is 0.316. The molecule has 0 N–H and O–H groups in total. The largest absolute Gasteiger partial charge is 0.496 e. The van der Waals surface area contributed by atoms with E-state index in [-0.39, 0.29) is 0 Å². The molecule has 0 spiro atoms. The summed E-state index contributed by atoms with van der Waals surface area (Å²) in [5, 5.41) is 4.18. The number of hydrogen-bond acceptors (Lipinski definition) is 5. The molecular formula is C19H21N5O. The highest BCUT2D eigenvalue weighted by molar-refractivity contribution is 5.37. The first-order valence-corrected chi connectivity index (χ1v) is 8.43. The lowest BCUT2D eigenvalue weighted by molar-refractivity contribution is 0.137. The van der Waals surface area contributed by atoms with Crippen LogP contribution >= 0.6 is 0 Å². The summed E-state index contributed by atoms with van der Waals surface area (Å²) in [7, 11) is 1.70. The molecule has 0 atom stereocenters. The van der Waals surface area contributed by atoms with Crippen LogP contribution in [0.25, 0.3) is 0 Å². The molecule has 6 heteroatoms. The van der Waals surface area contributed by atoms with Gasteiger partial charge >= 0.3 is 0 Å². The SMILES string of the molecule is COc1ccc(CN2CC(c3ccccn3)C2)cc1Cn1cncn1. The molecule has 2 aromatic heterocycles. The number of benzene rings is 1. The second kappa shape index (κ2) is 7.03. The average Bonchev–Trinajstić information content (AvgIpc) is 3.12. The van der Waals surface area contributed by atoms with Gasteiger partial charge < -0.3 is 4.74 Å². The van der Waals surface area contributed by atoms with Crippen molar-refractivity contribution in [2.45, 2.75) is 19.0 Å². The highest BCUT2D eigenvalue weighted by atomic mass is 16.5. The Bertz CT molecular complexity index is 813. The van der Waals surface area contributed by atoms with Crippen molar-refractivity contribution in [1.82, 2.24) is 24.6 Å². The third-order valence-electron chi connectivity index (χ3n) is 4.61. The van der Waals surface area contributed by atoms with E-state index < -0.39 is 0 Å². The van der Waals surface area contributed by atoms with Crippen LogP contribution in [0.1, 0.15) is 22.7 Å². The van der Waals surface area contributed by atoms with Gasteiger partial charge in [0.15, 0.2) is 0 Å². The quantitative estimate of drug-likeness (QED) is 0.692. The fourth-order valence-electron chi connectivity index (χ4n) is 3.30. The highest BCUT2D eigenvalue weighted by Gasteiger charge is 2.28. The molecule has 1 aromatic carbocycles. The van der Waals surface area contributed by atoms with E-state index in [4.69, 9.17) is 4.74 Å². The monoisotopic (exact) mass is 335 g/mol. The first-order chi connectivity index (χ1) is 12.3. The van der Waals surface area contributed by atoms with Crippen LogP contribution in [0.5, 0.6) is 5.75 Å². The number of ether oxygens (including phenoxy) is 1. The van der Waals surface area contributed by atoms with Crippen molar-refractivity contribution in [3.63, 3.8) is 0 Å². The van der Waals surface area contributed by atoms with E-state index >= 15 is 0 Å². The van der Waals surface area contributed by atoms with Gasteiger partial charge in [0.25, 0.3) is 0 Å². The lowest BCUT2D eigenvalue weighted by Crippen LogP contribution is -2.44. The maximum absolute atomic E-state index is 5.49. The van der Waals surface area contributed by atoms with Gasteiger partial charge in [-0.05, 0) is 29.8 Å². The van der Waals surface area contributed by atoms with Crippen LogP contribution in [0.4, 0.5) is 0 Å². The predicted octanol–water partition coefficient (Wildman–Crippen LogP) is 2.33. The van der Waals surface area contributed by atoms with Gasteiger partial charge in [0.05, 0.1) is 13.7 Å². The van der Waals surface area contributed by atoms with E-state index in [9.17, 15) is 0 Å². The molecule has 1 fully saturated rings. The number of aromatic nitrogens is 4. The maximum atomic E-state index is 5.49. The summed E-state index contributed by atoms with van der Waals surface area (Å²) in [5.74, 6) is 1.43. The minimum Gasteiger partial charge on any atom is -0.496 e. The van der Waals surface area contributed by atoms with E-state index in [1.54, 1.807) is 19.8 Å². The number of pyridine rings is 1. The number of likely N-dealkylation sites (tertiary alicyclic amines) is 1. The Labute approximate surface area is 147 Å². The molecule has 128 valence electrons. The summed E-state index contributed by atoms with van der Waals surface area (Å²) in [4.78, 5) is 10.9. The van der Waals surface area contributed by atoms with Crippen LogP contribution in [0, 0.1) is 0 Å². The summed E-state index contributed by atoms with van der Waals surface area (Å²) in [6.07, 6.45) is 5.14. The standard InChI is InChI=1S/C19H21N5O/c1-25-19-6-5-15(8-16(19)12-24-14-20-13-22-24)9-23-10-17(11-23)18-4-2-3-7-21-18/h2-8,13-14,17H,9-12H2,1H3. The Morgan fingerprint density at radius 1 is 1.16 bits per heavy atom. The van der Waals surface area contributed by atoms with E-state index in [1.165, 1.54) is 11.3 Å². The average molecular weight is 335 g/mol. The zero-order valence-electron chi connectivity index (χ0n) is 14.2. The molecule has 1 aliphatic rings. The highest BCUT2D eigenvalue weighted by Crippen LogP contribution is 2.28. The molecule has 6 nitrogen and oxygen atoms in total. The third-order valence-corrected chi connectivity index (χ3v) is 4.61. The first-order valence-electron chi connectivity index (χ1n) is 8.43. The Balaban J connectivity index is 1.41. The minimum absolute atomic E-state index is 0.550.